The minimum absolute atomic E-state index is 0.382. The van der Waals surface area contributed by atoms with Gasteiger partial charge in [0.25, 0.3) is 0 Å². The van der Waals surface area contributed by atoms with Crippen LogP contribution in [0.3, 0.4) is 0 Å². The molecule has 102 valence electrons. The second kappa shape index (κ2) is 7.41. The van der Waals surface area contributed by atoms with Gasteiger partial charge in [0.1, 0.15) is 5.92 Å². The number of carbonyl (C=O) groups is 3. The predicted molar refractivity (Wildman–Crippen MR) is 71.3 cm³/mol. The zero-order valence-corrected chi connectivity index (χ0v) is 11.7. The number of nitrogens with zero attached hydrogens (tertiary/aromatic N) is 1. The monoisotopic (exact) mass is 272 g/mol. The molecule has 4 amide bonds. The van der Waals surface area contributed by atoms with Gasteiger partial charge in [0, 0.05) is 6.54 Å². The summed E-state index contributed by atoms with van der Waals surface area (Å²) in [5.74, 6) is -0.484. The summed E-state index contributed by atoms with van der Waals surface area (Å²) in [7, 11) is 0. The summed E-state index contributed by atoms with van der Waals surface area (Å²) in [5, 5.41) is 2.19. The van der Waals surface area contributed by atoms with Gasteiger partial charge in [0.2, 0.25) is 11.8 Å². The maximum absolute atomic E-state index is 11.8. The van der Waals surface area contributed by atoms with Gasteiger partial charge in [0.05, 0.1) is 0 Å². The molecular formula is C12H20N2O3S. The van der Waals surface area contributed by atoms with Gasteiger partial charge in [-0.05, 0) is 31.8 Å². The lowest BCUT2D eigenvalue weighted by molar-refractivity contribution is -0.141. The molecule has 0 bridgehead atoms. The normalized spacial score (nSPS) is 20.2. The van der Waals surface area contributed by atoms with Crippen LogP contribution in [0.4, 0.5) is 4.79 Å². The quantitative estimate of drug-likeness (QED) is 0.565. The highest BCUT2D eigenvalue weighted by atomic mass is 32.2. The first-order valence-corrected chi connectivity index (χ1v) is 7.62. The number of imide groups is 2. The standard InChI is InChI=1S/C12H20N2O3S/c1-9-10(15)13-12(17)14(11(9)16)7-5-3-4-6-8-18-2/h9H,3-8H2,1-2H3,(H,13,15,17). The van der Waals surface area contributed by atoms with E-state index in [1.807, 2.05) is 11.8 Å². The highest BCUT2D eigenvalue weighted by Gasteiger charge is 2.36. The van der Waals surface area contributed by atoms with Gasteiger partial charge in [-0.3, -0.25) is 19.8 Å². The molecule has 0 spiro atoms. The first kappa shape index (κ1) is 15.0. The molecule has 1 fully saturated rings. The Hall–Kier alpha value is -1.04. The molecule has 1 heterocycles. The Kier molecular flexibility index (Phi) is 6.18. The van der Waals surface area contributed by atoms with Gasteiger partial charge in [-0.25, -0.2) is 4.79 Å². The average Bonchev–Trinajstić information content (AvgIpc) is 2.34. The van der Waals surface area contributed by atoms with E-state index in [-0.39, 0.29) is 5.91 Å². The second-order valence-electron chi connectivity index (χ2n) is 4.41. The Bertz CT molecular complexity index is 333. The van der Waals surface area contributed by atoms with Crippen LogP contribution in [0.1, 0.15) is 32.6 Å². The molecule has 1 rings (SSSR count). The van der Waals surface area contributed by atoms with Gasteiger partial charge < -0.3 is 0 Å². The minimum atomic E-state index is -0.751. The Morgan fingerprint density at radius 3 is 2.50 bits per heavy atom. The van der Waals surface area contributed by atoms with Crippen LogP contribution in [0.15, 0.2) is 0 Å². The van der Waals surface area contributed by atoms with E-state index in [4.69, 9.17) is 0 Å². The largest absolute Gasteiger partial charge is 0.330 e. The molecule has 6 heteroatoms. The lowest BCUT2D eigenvalue weighted by Crippen LogP contribution is -2.57. The Morgan fingerprint density at radius 2 is 1.83 bits per heavy atom. The summed E-state index contributed by atoms with van der Waals surface area (Å²) in [4.78, 5) is 35.6. The van der Waals surface area contributed by atoms with Gasteiger partial charge in [-0.15, -0.1) is 0 Å². The zero-order chi connectivity index (χ0) is 13.5. The van der Waals surface area contributed by atoms with Gasteiger partial charge in [-0.2, -0.15) is 11.8 Å². The summed E-state index contributed by atoms with van der Waals surface area (Å²) in [6, 6.07) is -0.577. The van der Waals surface area contributed by atoms with Crippen LogP contribution in [0, 0.1) is 5.92 Å². The van der Waals surface area contributed by atoms with Crippen LogP contribution in [0.25, 0.3) is 0 Å². The van der Waals surface area contributed by atoms with Crippen LogP contribution in [0.5, 0.6) is 0 Å². The second-order valence-corrected chi connectivity index (χ2v) is 5.40. The molecule has 1 N–H and O–H groups in total. The Labute approximate surface area is 112 Å². The van der Waals surface area contributed by atoms with Crippen molar-refractivity contribution in [1.29, 1.82) is 0 Å². The molecule has 0 saturated carbocycles. The van der Waals surface area contributed by atoms with Crippen molar-refractivity contribution in [3.8, 4) is 0 Å². The van der Waals surface area contributed by atoms with Crippen LogP contribution in [-0.4, -0.2) is 41.3 Å². The van der Waals surface area contributed by atoms with Crippen molar-refractivity contribution in [3.05, 3.63) is 0 Å². The maximum Gasteiger partial charge on any atom is 0.330 e. The fourth-order valence-electron chi connectivity index (χ4n) is 1.81. The first-order chi connectivity index (χ1) is 8.57. The van der Waals surface area contributed by atoms with E-state index in [2.05, 4.69) is 11.6 Å². The Morgan fingerprint density at radius 1 is 1.17 bits per heavy atom. The van der Waals surface area contributed by atoms with Crippen LogP contribution in [0.2, 0.25) is 0 Å². The fourth-order valence-corrected chi connectivity index (χ4v) is 2.30. The molecule has 1 aliphatic rings. The number of urea groups is 1. The number of hydrogen-bond acceptors (Lipinski definition) is 4. The van der Waals surface area contributed by atoms with E-state index in [1.54, 1.807) is 0 Å². The molecule has 1 saturated heterocycles. The molecule has 1 aliphatic heterocycles. The smallest absolute Gasteiger partial charge is 0.277 e. The molecule has 0 aliphatic carbocycles. The van der Waals surface area contributed by atoms with Crippen molar-refractivity contribution in [2.45, 2.75) is 32.6 Å². The van der Waals surface area contributed by atoms with Crippen molar-refractivity contribution in [2.24, 2.45) is 5.92 Å². The van der Waals surface area contributed by atoms with E-state index >= 15 is 0 Å². The number of hydrogen-bond donors (Lipinski definition) is 1. The molecule has 1 unspecified atom stereocenters. The topological polar surface area (TPSA) is 66.5 Å². The fraction of sp³-hybridized carbons (Fsp3) is 0.750. The molecule has 5 nitrogen and oxygen atoms in total. The first-order valence-electron chi connectivity index (χ1n) is 6.23. The van der Waals surface area contributed by atoms with E-state index < -0.39 is 17.9 Å². The summed E-state index contributed by atoms with van der Waals surface area (Å²) < 4.78 is 0. The lowest BCUT2D eigenvalue weighted by atomic mass is 10.1. The molecule has 0 aromatic rings. The molecule has 0 radical (unpaired) electrons. The summed E-state index contributed by atoms with van der Waals surface area (Å²) >= 11 is 1.82. The number of barbiturate groups is 1. The number of rotatable bonds is 7. The molecular weight excluding hydrogens is 252 g/mol. The average molecular weight is 272 g/mol. The highest BCUT2D eigenvalue weighted by molar-refractivity contribution is 7.98. The van der Waals surface area contributed by atoms with E-state index in [0.29, 0.717) is 6.54 Å². The van der Waals surface area contributed by atoms with Crippen molar-refractivity contribution < 1.29 is 14.4 Å². The summed E-state index contributed by atoms with van der Waals surface area (Å²) in [6.45, 7) is 1.93. The predicted octanol–water partition coefficient (Wildman–Crippen LogP) is 1.62. The number of nitrogens with one attached hydrogen (secondary N) is 1. The van der Waals surface area contributed by atoms with Crippen LogP contribution in [-0.2, 0) is 9.59 Å². The van der Waals surface area contributed by atoms with Gasteiger partial charge in [0.15, 0.2) is 0 Å². The Balaban J connectivity index is 2.30. The van der Waals surface area contributed by atoms with E-state index in [0.717, 1.165) is 36.3 Å². The zero-order valence-electron chi connectivity index (χ0n) is 10.9. The summed E-state index contributed by atoms with van der Waals surface area (Å²) in [5.41, 5.74) is 0. The van der Waals surface area contributed by atoms with E-state index in [1.165, 1.54) is 6.92 Å². The number of amides is 4. The SMILES string of the molecule is CSCCCCCCN1C(=O)NC(=O)C(C)C1=O. The van der Waals surface area contributed by atoms with Crippen molar-refractivity contribution in [3.63, 3.8) is 0 Å². The van der Waals surface area contributed by atoms with Gasteiger partial charge in [-0.1, -0.05) is 12.8 Å². The van der Waals surface area contributed by atoms with Crippen molar-refractivity contribution in [2.75, 3.05) is 18.6 Å². The molecule has 1 atom stereocenters. The number of thioether (sulfide) groups is 1. The molecule has 18 heavy (non-hydrogen) atoms. The number of carbonyl (C=O) groups excluding carboxylic acids is 3. The van der Waals surface area contributed by atoms with Crippen LogP contribution >= 0.6 is 11.8 Å². The number of unbranched alkanes of at least 4 members (excludes halogenated alkanes) is 3. The third kappa shape index (κ3) is 4.01. The summed E-state index contributed by atoms with van der Waals surface area (Å²) in [6.07, 6.45) is 6.15. The van der Waals surface area contributed by atoms with Crippen molar-refractivity contribution >= 4 is 29.6 Å². The third-order valence-corrected chi connectivity index (χ3v) is 3.68. The van der Waals surface area contributed by atoms with Crippen LogP contribution < -0.4 is 5.32 Å². The third-order valence-electron chi connectivity index (χ3n) is 2.99. The molecule has 0 aromatic heterocycles. The molecule has 0 aromatic carbocycles. The van der Waals surface area contributed by atoms with Gasteiger partial charge >= 0.3 is 6.03 Å². The lowest BCUT2D eigenvalue weighted by Gasteiger charge is -2.28. The maximum atomic E-state index is 11.8. The van der Waals surface area contributed by atoms with Crippen molar-refractivity contribution in [1.82, 2.24) is 10.2 Å². The highest BCUT2D eigenvalue weighted by Crippen LogP contribution is 2.12. The minimum Gasteiger partial charge on any atom is -0.277 e. The van der Waals surface area contributed by atoms with E-state index in [9.17, 15) is 14.4 Å².